The zero-order valence-corrected chi connectivity index (χ0v) is 17.5. The first kappa shape index (κ1) is 20.8. The Labute approximate surface area is 170 Å². The molecule has 0 amide bonds. The molecule has 6 nitrogen and oxygen atoms in total. The number of carbonyl (C=O) groups excluding carboxylic acids is 1. The van der Waals surface area contributed by atoms with Gasteiger partial charge in [0.15, 0.2) is 5.78 Å². The summed E-state index contributed by atoms with van der Waals surface area (Å²) in [5.41, 5.74) is 1.56. The first-order valence-electron chi connectivity index (χ1n) is 8.97. The molecule has 0 N–H and O–H groups in total. The van der Waals surface area contributed by atoms with Crippen LogP contribution in [0.4, 0.5) is 0 Å². The second-order valence-electron chi connectivity index (χ2n) is 6.72. The van der Waals surface area contributed by atoms with Gasteiger partial charge in [-0.25, -0.2) is 8.42 Å². The monoisotopic (exact) mass is 422 g/mol. The number of benzene rings is 2. The Bertz CT molecular complexity index is 953. The Morgan fingerprint density at radius 3 is 2.29 bits per heavy atom. The molecule has 8 heteroatoms. The molecular weight excluding hydrogens is 400 g/mol. The van der Waals surface area contributed by atoms with Crippen LogP contribution < -0.4 is 4.74 Å². The molecule has 0 aromatic heterocycles. The van der Waals surface area contributed by atoms with E-state index in [4.69, 9.17) is 16.3 Å². The van der Waals surface area contributed by atoms with Gasteiger partial charge >= 0.3 is 0 Å². The van der Waals surface area contributed by atoms with Crippen molar-refractivity contribution in [1.82, 2.24) is 9.21 Å². The van der Waals surface area contributed by atoms with E-state index in [9.17, 15) is 13.2 Å². The van der Waals surface area contributed by atoms with Crippen LogP contribution in [0, 0.1) is 0 Å². The number of hydrogen-bond acceptors (Lipinski definition) is 5. The Morgan fingerprint density at radius 2 is 1.71 bits per heavy atom. The van der Waals surface area contributed by atoms with Gasteiger partial charge in [-0.3, -0.25) is 9.69 Å². The minimum absolute atomic E-state index is 0.00257. The van der Waals surface area contributed by atoms with Gasteiger partial charge in [-0.1, -0.05) is 11.6 Å². The third-order valence-electron chi connectivity index (χ3n) is 4.86. The summed E-state index contributed by atoms with van der Waals surface area (Å²) in [6.07, 6.45) is 0. The number of ether oxygens (including phenoxy) is 1. The number of Topliss-reactive ketones (excluding diaryl/α,β-unsaturated/α-hetero) is 1. The molecule has 0 radical (unpaired) electrons. The van der Waals surface area contributed by atoms with E-state index in [1.807, 2.05) is 6.07 Å². The lowest BCUT2D eigenvalue weighted by Gasteiger charge is -2.34. The standard InChI is InChI=1S/C20H23ClN2O4S/c1-15(24)16-3-8-20(27-2)17(13-16)14-22-9-11-23(12-10-22)28(25,26)19-6-4-18(21)5-7-19/h3-8,13H,9-12,14H2,1-2H3. The zero-order chi connectivity index (χ0) is 20.3. The molecule has 3 rings (SSSR count). The van der Waals surface area contributed by atoms with Gasteiger partial charge < -0.3 is 4.74 Å². The van der Waals surface area contributed by atoms with Crippen LogP contribution in [0.25, 0.3) is 0 Å². The van der Waals surface area contributed by atoms with E-state index in [1.54, 1.807) is 31.4 Å². The average Bonchev–Trinajstić information content (AvgIpc) is 2.68. The predicted octanol–water partition coefficient (Wildman–Crippen LogP) is 3.06. The lowest BCUT2D eigenvalue weighted by atomic mass is 10.1. The molecule has 0 unspecified atom stereocenters. The summed E-state index contributed by atoms with van der Waals surface area (Å²) in [7, 11) is -1.93. The van der Waals surface area contributed by atoms with Crippen molar-refractivity contribution in [2.24, 2.45) is 0 Å². The summed E-state index contributed by atoms with van der Waals surface area (Å²) in [4.78, 5) is 14.1. The van der Waals surface area contributed by atoms with Gasteiger partial charge in [-0.2, -0.15) is 4.31 Å². The molecule has 150 valence electrons. The van der Waals surface area contributed by atoms with Crippen LogP contribution in [-0.4, -0.2) is 56.7 Å². The summed E-state index contributed by atoms with van der Waals surface area (Å²) >= 11 is 5.85. The van der Waals surface area contributed by atoms with E-state index in [0.29, 0.717) is 43.3 Å². The van der Waals surface area contributed by atoms with Gasteiger partial charge in [-0.15, -0.1) is 0 Å². The van der Waals surface area contributed by atoms with E-state index < -0.39 is 10.0 Å². The van der Waals surface area contributed by atoms with Gasteiger partial charge in [0.25, 0.3) is 0 Å². The predicted molar refractivity (Wildman–Crippen MR) is 108 cm³/mol. The van der Waals surface area contributed by atoms with Crippen LogP contribution in [0.15, 0.2) is 47.4 Å². The molecule has 0 aliphatic carbocycles. The highest BCUT2D eigenvalue weighted by Gasteiger charge is 2.28. The number of carbonyl (C=O) groups is 1. The third kappa shape index (κ3) is 4.55. The highest BCUT2D eigenvalue weighted by Crippen LogP contribution is 2.24. The number of halogens is 1. The molecular formula is C20H23ClN2O4S. The van der Waals surface area contributed by atoms with Crippen molar-refractivity contribution in [3.8, 4) is 5.75 Å². The highest BCUT2D eigenvalue weighted by molar-refractivity contribution is 7.89. The molecule has 0 bridgehead atoms. The number of methoxy groups -OCH3 is 1. The lowest BCUT2D eigenvalue weighted by Crippen LogP contribution is -2.48. The normalized spacial score (nSPS) is 16.1. The highest BCUT2D eigenvalue weighted by atomic mass is 35.5. The maximum absolute atomic E-state index is 12.8. The number of hydrogen-bond donors (Lipinski definition) is 0. The smallest absolute Gasteiger partial charge is 0.243 e. The van der Waals surface area contributed by atoms with E-state index in [1.165, 1.54) is 23.4 Å². The van der Waals surface area contributed by atoms with Gasteiger partial charge in [0, 0.05) is 48.9 Å². The van der Waals surface area contributed by atoms with Crippen LogP contribution in [0.1, 0.15) is 22.8 Å². The molecule has 1 heterocycles. The molecule has 1 fully saturated rings. The van der Waals surface area contributed by atoms with E-state index in [-0.39, 0.29) is 10.7 Å². The first-order chi connectivity index (χ1) is 13.3. The zero-order valence-electron chi connectivity index (χ0n) is 15.9. The van der Waals surface area contributed by atoms with Crippen molar-refractivity contribution in [3.05, 3.63) is 58.6 Å². The first-order valence-corrected chi connectivity index (χ1v) is 10.8. The number of nitrogens with zero attached hydrogens (tertiary/aromatic N) is 2. The van der Waals surface area contributed by atoms with Crippen molar-refractivity contribution in [1.29, 1.82) is 0 Å². The van der Waals surface area contributed by atoms with E-state index >= 15 is 0 Å². The largest absolute Gasteiger partial charge is 0.496 e. The minimum Gasteiger partial charge on any atom is -0.496 e. The molecule has 2 aromatic rings. The van der Waals surface area contributed by atoms with Gasteiger partial charge in [0.1, 0.15) is 5.75 Å². The second kappa shape index (κ2) is 8.61. The van der Waals surface area contributed by atoms with Crippen molar-refractivity contribution in [2.75, 3.05) is 33.3 Å². The van der Waals surface area contributed by atoms with Crippen molar-refractivity contribution in [3.63, 3.8) is 0 Å². The SMILES string of the molecule is COc1ccc(C(C)=O)cc1CN1CCN(S(=O)(=O)c2ccc(Cl)cc2)CC1. The molecule has 0 atom stereocenters. The van der Waals surface area contributed by atoms with Crippen molar-refractivity contribution < 1.29 is 17.9 Å². The lowest BCUT2D eigenvalue weighted by molar-refractivity contribution is 0.101. The molecule has 0 saturated carbocycles. The molecule has 2 aromatic carbocycles. The summed E-state index contributed by atoms with van der Waals surface area (Å²) in [6, 6.07) is 11.6. The van der Waals surface area contributed by atoms with E-state index in [2.05, 4.69) is 4.90 Å². The number of rotatable bonds is 6. The maximum atomic E-state index is 12.8. The van der Waals surface area contributed by atoms with Crippen LogP contribution in [0.2, 0.25) is 5.02 Å². The molecule has 1 aliphatic rings. The molecule has 28 heavy (non-hydrogen) atoms. The fourth-order valence-corrected chi connectivity index (χ4v) is 4.79. The third-order valence-corrected chi connectivity index (χ3v) is 7.03. The number of sulfonamides is 1. The van der Waals surface area contributed by atoms with Crippen LogP contribution in [0.5, 0.6) is 5.75 Å². The average molecular weight is 423 g/mol. The summed E-state index contributed by atoms with van der Waals surface area (Å²) < 4.78 is 32.5. The van der Waals surface area contributed by atoms with Crippen molar-refractivity contribution >= 4 is 27.4 Å². The fourth-order valence-electron chi connectivity index (χ4n) is 3.25. The van der Waals surface area contributed by atoms with Crippen LogP contribution >= 0.6 is 11.6 Å². The Kier molecular flexibility index (Phi) is 6.40. The van der Waals surface area contributed by atoms with Gasteiger partial charge in [0.05, 0.1) is 12.0 Å². The molecule has 1 aliphatic heterocycles. The Morgan fingerprint density at radius 1 is 1.07 bits per heavy atom. The summed E-state index contributed by atoms with van der Waals surface area (Å²) in [6.45, 7) is 4.13. The van der Waals surface area contributed by atoms with Gasteiger partial charge in [-0.05, 0) is 49.4 Å². The van der Waals surface area contributed by atoms with Gasteiger partial charge in [0.2, 0.25) is 10.0 Å². The second-order valence-corrected chi connectivity index (χ2v) is 9.09. The van der Waals surface area contributed by atoms with E-state index in [0.717, 1.165) is 11.3 Å². The number of piperazine rings is 1. The van der Waals surface area contributed by atoms with Crippen LogP contribution in [0.3, 0.4) is 0 Å². The number of ketones is 1. The molecule has 0 spiro atoms. The quantitative estimate of drug-likeness (QED) is 0.669. The Balaban J connectivity index is 1.68. The topological polar surface area (TPSA) is 66.9 Å². The fraction of sp³-hybridized carbons (Fsp3) is 0.350. The van der Waals surface area contributed by atoms with Crippen molar-refractivity contribution in [2.45, 2.75) is 18.4 Å². The molecule has 1 saturated heterocycles. The summed E-state index contributed by atoms with van der Waals surface area (Å²) in [5.74, 6) is 0.726. The minimum atomic E-state index is -3.53. The van der Waals surface area contributed by atoms with Crippen LogP contribution in [-0.2, 0) is 16.6 Å². The summed E-state index contributed by atoms with van der Waals surface area (Å²) in [5, 5.41) is 0.505. The Hall–Kier alpha value is -1.93. The maximum Gasteiger partial charge on any atom is 0.243 e.